The quantitative estimate of drug-likeness (QED) is 0.486. The van der Waals surface area contributed by atoms with Gasteiger partial charge in [0.15, 0.2) is 5.36 Å². The van der Waals surface area contributed by atoms with Crippen LogP contribution in [-0.2, 0) is 9.47 Å². The molecule has 3 aromatic rings. The standard InChI is InChI=1S/C20H18N2O6S/c1-4-27-19(25)13-10(3)17(20(26)28-5-2)29-18(13)22-21-14-15(23)11-8-6-7-9-12(11)16(14)24/h6-9,22H,4-5H2,1-3H3. The fourth-order valence-electron chi connectivity index (χ4n) is 2.88. The van der Waals surface area contributed by atoms with E-state index in [2.05, 4.69) is 10.5 Å². The van der Waals surface area contributed by atoms with Crippen LogP contribution < -0.4 is 21.6 Å². The van der Waals surface area contributed by atoms with Crippen molar-refractivity contribution in [3.05, 3.63) is 66.1 Å². The Morgan fingerprint density at radius 3 is 2.10 bits per heavy atom. The van der Waals surface area contributed by atoms with Crippen molar-refractivity contribution in [3.8, 4) is 0 Å². The van der Waals surface area contributed by atoms with Crippen LogP contribution in [0.3, 0.4) is 0 Å². The van der Waals surface area contributed by atoms with E-state index >= 15 is 0 Å². The van der Waals surface area contributed by atoms with Gasteiger partial charge in [-0.25, -0.2) is 9.59 Å². The Balaban J connectivity index is 2.12. The van der Waals surface area contributed by atoms with Gasteiger partial charge in [-0.15, -0.1) is 11.3 Å². The maximum atomic E-state index is 12.5. The normalized spacial score (nSPS) is 10.7. The van der Waals surface area contributed by atoms with E-state index in [1.165, 1.54) is 0 Å². The summed E-state index contributed by atoms with van der Waals surface area (Å²) >= 11 is 0.942. The molecule has 0 atom stereocenters. The van der Waals surface area contributed by atoms with Crippen molar-refractivity contribution < 1.29 is 19.1 Å². The number of hydrogen-bond donors (Lipinski definition) is 1. The van der Waals surface area contributed by atoms with Gasteiger partial charge < -0.3 is 9.47 Å². The number of thiophene rings is 1. The summed E-state index contributed by atoms with van der Waals surface area (Å²) in [6.45, 7) is 5.24. The summed E-state index contributed by atoms with van der Waals surface area (Å²) in [6, 6.07) is 6.42. The molecule has 150 valence electrons. The summed E-state index contributed by atoms with van der Waals surface area (Å²) in [4.78, 5) is 49.7. The number of nitrogens with one attached hydrogen (secondary N) is 1. The number of hydrogen-bond acceptors (Lipinski definition) is 9. The van der Waals surface area contributed by atoms with Crippen LogP contribution in [0.1, 0.15) is 39.4 Å². The number of carbonyl (C=O) groups excluding carboxylic acids is 2. The van der Waals surface area contributed by atoms with E-state index in [0.29, 0.717) is 5.56 Å². The lowest BCUT2D eigenvalue weighted by molar-refractivity contribution is 0.0527. The van der Waals surface area contributed by atoms with Gasteiger partial charge in [-0.2, -0.15) is 5.10 Å². The van der Waals surface area contributed by atoms with Crippen LogP contribution in [0.2, 0.25) is 0 Å². The molecule has 2 aromatic carbocycles. The van der Waals surface area contributed by atoms with Crippen molar-refractivity contribution >= 4 is 39.0 Å². The number of fused-ring (bicyclic) bond motifs is 1. The Morgan fingerprint density at radius 1 is 1.00 bits per heavy atom. The first-order valence-electron chi connectivity index (χ1n) is 8.90. The minimum absolute atomic E-state index is 0.111. The Bertz CT molecular complexity index is 1200. The van der Waals surface area contributed by atoms with E-state index in [1.54, 1.807) is 45.0 Å². The van der Waals surface area contributed by atoms with Crippen LogP contribution in [0.5, 0.6) is 0 Å². The first-order valence-corrected chi connectivity index (χ1v) is 9.72. The molecule has 1 N–H and O–H groups in total. The fraction of sp³-hybridized carbons (Fsp3) is 0.250. The van der Waals surface area contributed by atoms with Crippen molar-refractivity contribution in [3.63, 3.8) is 0 Å². The van der Waals surface area contributed by atoms with Gasteiger partial charge in [-0.05, 0) is 26.3 Å². The summed E-state index contributed by atoms with van der Waals surface area (Å²) in [5.41, 5.74) is 2.08. The maximum absolute atomic E-state index is 12.5. The predicted molar refractivity (Wildman–Crippen MR) is 109 cm³/mol. The Labute approximate surface area is 169 Å². The van der Waals surface area contributed by atoms with E-state index < -0.39 is 22.8 Å². The molecule has 1 aromatic heterocycles. The lowest BCUT2D eigenvalue weighted by Crippen LogP contribution is -2.32. The van der Waals surface area contributed by atoms with E-state index in [9.17, 15) is 19.2 Å². The zero-order valence-corrected chi connectivity index (χ0v) is 16.8. The van der Waals surface area contributed by atoms with Gasteiger partial charge in [0.05, 0.1) is 18.8 Å². The third-order valence-corrected chi connectivity index (χ3v) is 5.38. The average Bonchev–Trinajstić information content (AvgIpc) is 3.15. The third-order valence-electron chi connectivity index (χ3n) is 4.20. The number of esters is 2. The summed E-state index contributed by atoms with van der Waals surface area (Å²) in [5, 5.41) is 4.40. The van der Waals surface area contributed by atoms with Gasteiger partial charge >= 0.3 is 11.9 Å². The third kappa shape index (κ3) is 3.68. The molecule has 8 nitrogen and oxygen atoms in total. The topological polar surface area (TPSA) is 111 Å². The molecule has 9 heteroatoms. The second-order valence-corrected chi connectivity index (χ2v) is 7.00. The molecule has 0 radical (unpaired) electrons. The number of nitrogens with zero attached hydrogens (tertiary/aromatic N) is 1. The molecule has 0 aliphatic heterocycles. The van der Waals surface area contributed by atoms with E-state index in [-0.39, 0.29) is 44.8 Å². The summed E-state index contributed by atoms with van der Waals surface area (Å²) < 4.78 is 10.1. The predicted octanol–water partition coefficient (Wildman–Crippen LogP) is 2.09. The molecule has 3 rings (SSSR count). The maximum Gasteiger partial charge on any atom is 0.348 e. The summed E-state index contributed by atoms with van der Waals surface area (Å²) in [5.74, 6) is -1.23. The molecular weight excluding hydrogens is 396 g/mol. The van der Waals surface area contributed by atoms with E-state index in [1.807, 2.05) is 0 Å². The van der Waals surface area contributed by atoms with E-state index in [0.717, 1.165) is 11.3 Å². The SMILES string of the molecule is CCOC(=O)c1sc(NN=c2c(=O)c3ccccc3c2=O)c(C(=O)OCC)c1C. The molecule has 0 saturated heterocycles. The van der Waals surface area contributed by atoms with Gasteiger partial charge in [0.1, 0.15) is 9.88 Å². The zero-order chi connectivity index (χ0) is 21.1. The number of ether oxygens (including phenoxy) is 2. The minimum Gasteiger partial charge on any atom is -0.462 e. The van der Waals surface area contributed by atoms with Crippen molar-refractivity contribution in [2.75, 3.05) is 18.6 Å². The first kappa shape index (κ1) is 20.4. The molecule has 0 saturated carbocycles. The minimum atomic E-state index is -0.646. The Kier molecular flexibility index (Phi) is 5.88. The molecule has 29 heavy (non-hydrogen) atoms. The second-order valence-electron chi connectivity index (χ2n) is 5.98. The van der Waals surface area contributed by atoms with Gasteiger partial charge in [0.2, 0.25) is 10.9 Å². The zero-order valence-electron chi connectivity index (χ0n) is 16.0. The monoisotopic (exact) mass is 414 g/mol. The highest BCUT2D eigenvalue weighted by Gasteiger charge is 2.26. The fourth-order valence-corrected chi connectivity index (χ4v) is 3.91. The molecule has 0 amide bonds. The molecule has 0 aliphatic rings. The van der Waals surface area contributed by atoms with Gasteiger partial charge in [0.25, 0.3) is 0 Å². The molecule has 0 fully saturated rings. The van der Waals surface area contributed by atoms with Gasteiger partial charge in [-0.3, -0.25) is 15.0 Å². The molecule has 0 aliphatic carbocycles. The summed E-state index contributed by atoms with van der Waals surface area (Å²) in [7, 11) is 0. The average molecular weight is 414 g/mol. The first-order chi connectivity index (χ1) is 13.9. The molecule has 0 spiro atoms. The van der Waals surface area contributed by atoms with Crippen LogP contribution in [0, 0.1) is 6.92 Å². The van der Waals surface area contributed by atoms with Crippen LogP contribution in [0.15, 0.2) is 39.0 Å². The van der Waals surface area contributed by atoms with Crippen LogP contribution in [-0.4, -0.2) is 25.2 Å². The van der Waals surface area contributed by atoms with Crippen molar-refractivity contribution in [2.24, 2.45) is 5.10 Å². The molecule has 1 heterocycles. The van der Waals surface area contributed by atoms with Gasteiger partial charge in [0, 0.05) is 10.8 Å². The van der Waals surface area contributed by atoms with Gasteiger partial charge in [-0.1, -0.05) is 24.3 Å². The molecule has 0 unspecified atom stereocenters. The van der Waals surface area contributed by atoms with Crippen molar-refractivity contribution in [2.45, 2.75) is 20.8 Å². The van der Waals surface area contributed by atoms with Crippen molar-refractivity contribution in [1.29, 1.82) is 0 Å². The number of benzene rings is 1. The van der Waals surface area contributed by atoms with E-state index in [4.69, 9.17) is 9.47 Å². The lowest BCUT2D eigenvalue weighted by Gasteiger charge is -2.04. The number of carbonyl (C=O) groups is 2. The Hall–Kier alpha value is -3.33. The smallest absolute Gasteiger partial charge is 0.348 e. The highest BCUT2D eigenvalue weighted by Crippen LogP contribution is 2.34. The highest BCUT2D eigenvalue weighted by atomic mass is 32.1. The number of rotatable bonds is 6. The second kappa shape index (κ2) is 8.36. The van der Waals surface area contributed by atoms with Crippen LogP contribution >= 0.6 is 11.3 Å². The Morgan fingerprint density at radius 2 is 1.55 bits per heavy atom. The number of anilines is 1. The summed E-state index contributed by atoms with van der Waals surface area (Å²) in [6.07, 6.45) is 0. The highest BCUT2D eigenvalue weighted by molar-refractivity contribution is 7.18. The van der Waals surface area contributed by atoms with Crippen LogP contribution in [0.4, 0.5) is 5.00 Å². The largest absolute Gasteiger partial charge is 0.462 e. The van der Waals surface area contributed by atoms with Crippen LogP contribution in [0.25, 0.3) is 10.8 Å². The lowest BCUT2D eigenvalue weighted by atomic mass is 10.1. The van der Waals surface area contributed by atoms with Crippen molar-refractivity contribution in [1.82, 2.24) is 0 Å². The molecule has 0 bridgehead atoms. The molecular formula is C20H18N2O6S.